The maximum atomic E-state index is 14.3. The van der Waals surface area contributed by atoms with E-state index < -0.39 is 27.4 Å². The monoisotopic (exact) mass is 380 g/mol. The van der Waals surface area contributed by atoms with E-state index in [2.05, 4.69) is 5.32 Å². The first kappa shape index (κ1) is 18.5. The molecule has 1 aliphatic rings. The number of alkyl halides is 2. The predicted octanol–water partition coefficient (Wildman–Crippen LogP) is 3.20. The summed E-state index contributed by atoms with van der Waals surface area (Å²) in [6.07, 6.45) is 1.58. The number of rotatable bonds is 5. The Morgan fingerprint density at radius 1 is 1.00 bits per heavy atom. The Morgan fingerprint density at radius 3 is 2.31 bits per heavy atom. The molecule has 0 radical (unpaired) electrons. The standard InChI is InChI=1S/C18H18F2N2O3S/c19-18(20,14-7-2-1-3-8-14)17(23)21-15-9-6-10-16(13-15)26(24,25)22-11-4-5-12-22/h1-3,6-10,13H,4-5,11-12H2,(H,21,23). The van der Waals surface area contributed by atoms with Crippen molar-refractivity contribution in [2.24, 2.45) is 0 Å². The van der Waals surface area contributed by atoms with Crippen molar-refractivity contribution < 1.29 is 22.0 Å². The average Bonchev–Trinajstić information content (AvgIpc) is 3.18. The van der Waals surface area contributed by atoms with Gasteiger partial charge in [0.2, 0.25) is 10.0 Å². The number of carbonyl (C=O) groups excluding carboxylic acids is 1. The minimum atomic E-state index is -3.73. The van der Waals surface area contributed by atoms with Crippen molar-refractivity contribution in [3.05, 3.63) is 60.2 Å². The third kappa shape index (κ3) is 3.61. The van der Waals surface area contributed by atoms with Gasteiger partial charge in [-0.2, -0.15) is 13.1 Å². The fourth-order valence-corrected chi connectivity index (χ4v) is 4.36. The van der Waals surface area contributed by atoms with E-state index in [0.29, 0.717) is 13.1 Å². The summed E-state index contributed by atoms with van der Waals surface area (Å²) in [5, 5.41) is 2.11. The van der Waals surface area contributed by atoms with Crippen molar-refractivity contribution in [2.75, 3.05) is 18.4 Å². The highest BCUT2D eigenvalue weighted by atomic mass is 32.2. The highest BCUT2D eigenvalue weighted by molar-refractivity contribution is 7.89. The zero-order chi connectivity index (χ0) is 18.8. The van der Waals surface area contributed by atoms with Crippen molar-refractivity contribution in [1.82, 2.24) is 4.31 Å². The maximum Gasteiger partial charge on any atom is 0.350 e. The quantitative estimate of drug-likeness (QED) is 0.866. The molecule has 1 heterocycles. The van der Waals surface area contributed by atoms with Gasteiger partial charge in [0.05, 0.1) is 4.90 Å². The fraction of sp³-hybridized carbons (Fsp3) is 0.278. The van der Waals surface area contributed by atoms with Gasteiger partial charge in [-0.1, -0.05) is 36.4 Å². The van der Waals surface area contributed by atoms with Crippen molar-refractivity contribution in [2.45, 2.75) is 23.7 Å². The summed E-state index contributed by atoms with van der Waals surface area (Å²) in [6.45, 7) is 0.871. The van der Waals surface area contributed by atoms with Crippen LogP contribution in [0.5, 0.6) is 0 Å². The van der Waals surface area contributed by atoms with E-state index in [-0.39, 0.29) is 10.6 Å². The van der Waals surface area contributed by atoms with Gasteiger partial charge in [0, 0.05) is 24.3 Å². The molecule has 0 spiro atoms. The second kappa shape index (κ2) is 7.13. The molecule has 1 N–H and O–H groups in total. The second-order valence-electron chi connectivity index (χ2n) is 6.03. The molecule has 2 aromatic carbocycles. The summed E-state index contributed by atoms with van der Waals surface area (Å²) >= 11 is 0. The molecular weight excluding hydrogens is 362 g/mol. The summed E-state index contributed by atoms with van der Waals surface area (Å²) in [5.41, 5.74) is -0.427. The molecule has 0 aliphatic carbocycles. The van der Waals surface area contributed by atoms with Gasteiger partial charge >= 0.3 is 5.92 Å². The highest BCUT2D eigenvalue weighted by Gasteiger charge is 2.40. The van der Waals surface area contributed by atoms with Crippen molar-refractivity contribution in [3.8, 4) is 0 Å². The number of halogens is 2. The lowest BCUT2D eigenvalue weighted by atomic mass is 10.1. The Balaban J connectivity index is 1.82. The van der Waals surface area contributed by atoms with Crippen molar-refractivity contribution >= 4 is 21.6 Å². The van der Waals surface area contributed by atoms with Gasteiger partial charge in [-0.25, -0.2) is 8.42 Å². The van der Waals surface area contributed by atoms with Crippen LogP contribution < -0.4 is 5.32 Å². The number of carbonyl (C=O) groups is 1. The smallest absolute Gasteiger partial charge is 0.320 e. The number of anilines is 1. The largest absolute Gasteiger partial charge is 0.350 e. The minimum absolute atomic E-state index is 0.00544. The predicted molar refractivity (Wildman–Crippen MR) is 93.4 cm³/mol. The minimum Gasteiger partial charge on any atom is -0.320 e. The molecule has 0 saturated carbocycles. The van der Waals surface area contributed by atoms with Crippen LogP contribution in [0, 0.1) is 0 Å². The van der Waals surface area contributed by atoms with E-state index in [1.165, 1.54) is 40.7 Å². The summed E-state index contributed by atoms with van der Waals surface area (Å²) in [6, 6.07) is 12.1. The third-order valence-corrected chi connectivity index (χ3v) is 6.11. The summed E-state index contributed by atoms with van der Waals surface area (Å²) in [5.74, 6) is -5.25. The molecule has 0 aromatic heterocycles. The first-order chi connectivity index (χ1) is 12.3. The van der Waals surface area contributed by atoms with Gasteiger partial charge in [0.1, 0.15) is 0 Å². The van der Waals surface area contributed by atoms with Gasteiger partial charge in [-0.05, 0) is 31.0 Å². The Labute approximate surface area is 150 Å². The number of benzene rings is 2. The van der Waals surface area contributed by atoms with Crippen LogP contribution in [0.1, 0.15) is 18.4 Å². The van der Waals surface area contributed by atoms with E-state index in [1.54, 1.807) is 6.07 Å². The molecule has 1 amide bonds. The molecular formula is C18H18F2N2O3S. The van der Waals surface area contributed by atoms with Gasteiger partial charge in [-0.3, -0.25) is 4.79 Å². The van der Waals surface area contributed by atoms with Crippen LogP contribution in [0.4, 0.5) is 14.5 Å². The Bertz CT molecular complexity index is 896. The van der Waals surface area contributed by atoms with Crippen LogP contribution in [0.2, 0.25) is 0 Å². The van der Waals surface area contributed by atoms with Crippen LogP contribution >= 0.6 is 0 Å². The lowest BCUT2D eigenvalue weighted by Gasteiger charge is -2.18. The molecule has 1 aliphatic heterocycles. The van der Waals surface area contributed by atoms with Gasteiger partial charge in [-0.15, -0.1) is 0 Å². The van der Waals surface area contributed by atoms with E-state index in [9.17, 15) is 22.0 Å². The lowest BCUT2D eigenvalue weighted by molar-refractivity contribution is -0.140. The Hall–Kier alpha value is -2.32. The molecule has 8 heteroatoms. The van der Waals surface area contributed by atoms with E-state index in [4.69, 9.17) is 0 Å². The normalized spacial score (nSPS) is 15.8. The topological polar surface area (TPSA) is 66.5 Å². The van der Waals surface area contributed by atoms with Gasteiger partial charge in [0.25, 0.3) is 5.91 Å². The SMILES string of the molecule is O=C(Nc1cccc(S(=O)(=O)N2CCCC2)c1)C(F)(F)c1ccccc1. The van der Waals surface area contributed by atoms with Gasteiger partial charge in [0.15, 0.2) is 0 Å². The second-order valence-corrected chi connectivity index (χ2v) is 7.97. The van der Waals surface area contributed by atoms with Crippen LogP contribution in [0.3, 0.4) is 0 Å². The van der Waals surface area contributed by atoms with Crippen LogP contribution in [-0.4, -0.2) is 31.7 Å². The number of amides is 1. The van der Waals surface area contributed by atoms with Crippen molar-refractivity contribution in [3.63, 3.8) is 0 Å². The highest BCUT2D eigenvalue weighted by Crippen LogP contribution is 2.30. The van der Waals surface area contributed by atoms with Crippen LogP contribution in [0.15, 0.2) is 59.5 Å². The van der Waals surface area contributed by atoms with Crippen molar-refractivity contribution in [1.29, 1.82) is 0 Å². The summed E-state index contributed by atoms with van der Waals surface area (Å²) in [7, 11) is -3.69. The molecule has 1 fully saturated rings. The molecule has 3 rings (SSSR count). The number of hydrogen-bond acceptors (Lipinski definition) is 3. The fourth-order valence-electron chi connectivity index (χ4n) is 2.80. The number of nitrogens with one attached hydrogen (secondary N) is 1. The van der Waals surface area contributed by atoms with Gasteiger partial charge < -0.3 is 5.32 Å². The molecule has 0 bridgehead atoms. The first-order valence-electron chi connectivity index (χ1n) is 8.17. The molecule has 5 nitrogen and oxygen atoms in total. The molecule has 26 heavy (non-hydrogen) atoms. The number of sulfonamides is 1. The van der Waals surface area contributed by atoms with E-state index in [0.717, 1.165) is 25.0 Å². The zero-order valence-corrected chi connectivity index (χ0v) is 14.7. The Kier molecular flexibility index (Phi) is 5.06. The van der Waals surface area contributed by atoms with E-state index in [1.807, 2.05) is 0 Å². The molecule has 1 saturated heterocycles. The average molecular weight is 380 g/mol. The molecule has 0 atom stereocenters. The molecule has 138 valence electrons. The molecule has 2 aromatic rings. The van der Waals surface area contributed by atoms with E-state index >= 15 is 0 Å². The summed E-state index contributed by atoms with van der Waals surface area (Å²) < 4.78 is 55.0. The number of nitrogens with zero attached hydrogens (tertiary/aromatic N) is 1. The molecule has 0 unspecified atom stereocenters. The third-order valence-electron chi connectivity index (χ3n) is 4.22. The zero-order valence-electron chi connectivity index (χ0n) is 13.9. The van der Waals surface area contributed by atoms with Crippen LogP contribution in [-0.2, 0) is 20.7 Å². The lowest BCUT2D eigenvalue weighted by Crippen LogP contribution is -2.32. The first-order valence-corrected chi connectivity index (χ1v) is 9.61. The Morgan fingerprint density at radius 2 is 1.65 bits per heavy atom. The number of hydrogen-bond donors (Lipinski definition) is 1. The van der Waals surface area contributed by atoms with Crippen LogP contribution in [0.25, 0.3) is 0 Å². The summed E-state index contributed by atoms with van der Waals surface area (Å²) in [4.78, 5) is 12.0. The maximum absolute atomic E-state index is 14.3.